The molecule has 0 unspecified atom stereocenters. The summed E-state index contributed by atoms with van der Waals surface area (Å²) in [5, 5.41) is 11.6. The molecule has 0 aliphatic carbocycles. The largest absolute Gasteiger partial charge is 0.490 e. The van der Waals surface area contributed by atoms with Gasteiger partial charge in [-0.05, 0) is 54.8 Å². The average molecular weight is 564 g/mol. The van der Waals surface area contributed by atoms with E-state index in [4.69, 9.17) is 32.7 Å². The maximum atomic E-state index is 13.5. The lowest BCUT2D eigenvalue weighted by molar-refractivity contribution is -0.118. The number of amides is 1. The lowest BCUT2D eigenvalue weighted by atomic mass is 9.94. The van der Waals surface area contributed by atoms with Crippen molar-refractivity contribution in [2.24, 2.45) is 0 Å². The Bertz CT molecular complexity index is 1520. The van der Waals surface area contributed by atoms with Crippen molar-refractivity contribution in [2.45, 2.75) is 33.0 Å². The molecule has 5 rings (SSSR count). The highest BCUT2D eigenvalue weighted by molar-refractivity contribution is 6.42. The van der Waals surface area contributed by atoms with Crippen molar-refractivity contribution in [3.05, 3.63) is 111 Å². The topological polar surface area (TPSA) is 90.3 Å². The van der Waals surface area contributed by atoms with Crippen molar-refractivity contribution in [2.75, 3.05) is 11.9 Å². The second kappa shape index (κ2) is 11.8. The molecular weight excluding hydrogens is 537 g/mol. The number of rotatable bonds is 9. The van der Waals surface area contributed by atoms with E-state index >= 15 is 0 Å². The Kier molecular flexibility index (Phi) is 8.05. The van der Waals surface area contributed by atoms with Gasteiger partial charge in [-0.3, -0.25) is 4.79 Å². The summed E-state index contributed by atoms with van der Waals surface area (Å²) < 4.78 is 13.7. The average Bonchev–Trinajstić information content (AvgIpc) is 3.41. The standard InChI is InChI=1S/C29H27Cl2N5O3/c1-3-38-25-14-21(10-12-24(25)39-16-20-9-11-22(30)23(31)13-20)27-26(18(2)35-29-33-17-34-36(27)29)28(37)32-15-19-7-5-4-6-8-19/h4-14,17,27H,3,15-16H2,1-2H3,(H,32,37)(H,33,34,35)/t27-/m1/s1. The SMILES string of the molecule is CCOc1cc([C@@H]2C(C(=O)NCc3ccccc3)=C(C)Nc3ncnn32)ccc1OCc1ccc(Cl)c(Cl)c1. The van der Waals surface area contributed by atoms with E-state index in [2.05, 4.69) is 20.7 Å². The number of nitrogens with zero attached hydrogens (tertiary/aromatic N) is 3. The van der Waals surface area contributed by atoms with E-state index in [9.17, 15) is 4.79 Å². The minimum Gasteiger partial charge on any atom is -0.490 e. The van der Waals surface area contributed by atoms with Crippen LogP contribution in [-0.4, -0.2) is 27.3 Å². The zero-order valence-corrected chi connectivity index (χ0v) is 23.0. The van der Waals surface area contributed by atoms with Crippen LogP contribution in [0.3, 0.4) is 0 Å². The van der Waals surface area contributed by atoms with Crippen molar-refractivity contribution in [3.63, 3.8) is 0 Å². The fraction of sp³-hybridized carbons (Fsp3) is 0.207. The van der Waals surface area contributed by atoms with Crippen molar-refractivity contribution in [3.8, 4) is 11.5 Å². The Morgan fingerprint density at radius 1 is 1.00 bits per heavy atom. The molecule has 0 saturated carbocycles. The normalized spacial score (nSPS) is 14.4. The van der Waals surface area contributed by atoms with Gasteiger partial charge >= 0.3 is 0 Å². The Labute approximate surface area is 236 Å². The number of benzene rings is 3. The summed E-state index contributed by atoms with van der Waals surface area (Å²) in [6, 6.07) is 20.2. The number of carbonyl (C=O) groups is 1. The molecule has 0 saturated heterocycles. The number of hydrogen-bond donors (Lipinski definition) is 2. The number of ether oxygens (including phenoxy) is 2. The maximum Gasteiger partial charge on any atom is 0.251 e. The van der Waals surface area contributed by atoms with E-state index in [1.54, 1.807) is 16.8 Å². The number of fused-ring (bicyclic) bond motifs is 1. The van der Waals surface area contributed by atoms with Gasteiger partial charge in [-0.2, -0.15) is 10.1 Å². The minimum absolute atomic E-state index is 0.201. The molecule has 2 N–H and O–H groups in total. The summed E-state index contributed by atoms with van der Waals surface area (Å²) in [6.07, 6.45) is 1.46. The molecule has 1 aliphatic heterocycles. The van der Waals surface area contributed by atoms with Crippen LogP contribution in [0.2, 0.25) is 10.0 Å². The monoisotopic (exact) mass is 563 g/mol. The molecule has 4 aromatic rings. The summed E-state index contributed by atoms with van der Waals surface area (Å²) in [4.78, 5) is 17.9. The Hall–Kier alpha value is -4.01. The zero-order valence-electron chi connectivity index (χ0n) is 21.4. The number of halogens is 2. The molecule has 8 nitrogen and oxygen atoms in total. The van der Waals surface area contributed by atoms with Crippen LogP contribution >= 0.6 is 23.2 Å². The molecule has 0 radical (unpaired) electrons. The highest BCUT2D eigenvalue weighted by atomic mass is 35.5. The van der Waals surface area contributed by atoms with Crippen LogP contribution in [0.15, 0.2) is 84.3 Å². The van der Waals surface area contributed by atoms with E-state index in [0.717, 1.165) is 16.7 Å². The van der Waals surface area contributed by atoms with E-state index in [-0.39, 0.29) is 12.5 Å². The van der Waals surface area contributed by atoms with Crippen molar-refractivity contribution >= 4 is 35.1 Å². The molecular formula is C29H27Cl2N5O3. The molecule has 1 aromatic heterocycles. The number of nitrogens with one attached hydrogen (secondary N) is 2. The van der Waals surface area contributed by atoms with E-state index in [0.29, 0.717) is 51.9 Å². The van der Waals surface area contributed by atoms with Gasteiger partial charge in [0.15, 0.2) is 11.5 Å². The second-order valence-corrected chi connectivity index (χ2v) is 9.75. The quantitative estimate of drug-likeness (QED) is 0.253. The lowest BCUT2D eigenvalue weighted by Gasteiger charge is -2.29. The minimum atomic E-state index is -0.525. The Morgan fingerprint density at radius 3 is 2.59 bits per heavy atom. The zero-order chi connectivity index (χ0) is 27.4. The predicted molar refractivity (Wildman–Crippen MR) is 151 cm³/mol. The first kappa shape index (κ1) is 26.6. The van der Waals surface area contributed by atoms with Gasteiger partial charge in [0.1, 0.15) is 19.0 Å². The fourth-order valence-electron chi connectivity index (χ4n) is 4.44. The first-order valence-electron chi connectivity index (χ1n) is 12.5. The van der Waals surface area contributed by atoms with Crippen LogP contribution < -0.4 is 20.1 Å². The Balaban J connectivity index is 1.44. The van der Waals surface area contributed by atoms with Crippen LogP contribution in [0.25, 0.3) is 0 Å². The first-order valence-corrected chi connectivity index (χ1v) is 13.2. The van der Waals surface area contributed by atoms with Gasteiger partial charge in [-0.15, -0.1) is 0 Å². The lowest BCUT2D eigenvalue weighted by Crippen LogP contribution is -2.34. The first-order chi connectivity index (χ1) is 18.9. The smallest absolute Gasteiger partial charge is 0.251 e. The maximum absolute atomic E-state index is 13.5. The predicted octanol–water partition coefficient (Wildman–Crippen LogP) is 6.17. The summed E-state index contributed by atoms with van der Waals surface area (Å²) in [7, 11) is 0. The van der Waals surface area contributed by atoms with Gasteiger partial charge in [0, 0.05) is 12.2 Å². The Morgan fingerprint density at radius 2 is 1.82 bits per heavy atom. The van der Waals surface area contributed by atoms with Gasteiger partial charge in [0.05, 0.1) is 22.2 Å². The highest BCUT2D eigenvalue weighted by Gasteiger charge is 2.34. The molecule has 1 aliphatic rings. The fourth-order valence-corrected chi connectivity index (χ4v) is 4.76. The molecule has 39 heavy (non-hydrogen) atoms. The van der Waals surface area contributed by atoms with Crippen molar-refractivity contribution in [1.82, 2.24) is 20.1 Å². The second-order valence-electron chi connectivity index (χ2n) is 8.94. The molecule has 0 fully saturated rings. The van der Waals surface area contributed by atoms with Crippen molar-refractivity contribution < 1.29 is 14.3 Å². The molecule has 0 bridgehead atoms. The molecule has 1 atom stereocenters. The molecule has 2 heterocycles. The number of anilines is 1. The van der Waals surface area contributed by atoms with E-state index < -0.39 is 6.04 Å². The van der Waals surface area contributed by atoms with E-state index in [1.165, 1.54) is 6.33 Å². The van der Waals surface area contributed by atoms with Gasteiger partial charge in [-0.25, -0.2) is 4.68 Å². The summed E-state index contributed by atoms with van der Waals surface area (Å²) in [6.45, 7) is 4.89. The van der Waals surface area contributed by atoms with Gasteiger partial charge in [0.2, 0.25) is 5.95 Å². The number of hydrogen-bond acceptors (Lipinski definition) is 6. The summed E-state index contributed by atoms with van der Waals surface area (Å²) >= 11 is 12.2. The molecule has 200 valence electrons. The molecule has 3 aromatic carbocycles. The summed E-state index contributed by atoms with van der Waals surface area (Å²) in [5.74, 6) is 1.47. The molecule has 1 amide bonds. The third kappa shape index (κ3) is 5.87. The van der Waals surface area contributed by atoms with Crippen LogP contribution in [0, 0.1) is 0 Å². The van der Waals surface area contributed by atoms with Crippen molar-refractivity contribution in [1.29, 1.82) is 0 Å². The van der Waals surface area contributed by atoms with E-state index in [1.807, 2.05) is 68.4 Å². The number of aromatic nitrogens is 3. The molecule has 0 spiro atoms. The molecule has 10 heteroatoms. The van der Waals surface area contributed by atoms with Gasteiger partial charge < -0.3 is 20.1 Å². The van der Waals surface area contributed by atoms with Crippen LogP contribution in [0.1, 0.15) is 36.6 Å². The van der Waals surface area contributed by atoms with Crippen LogP contribution in [0.4, 0.5) is 5.95 Å². The van der Waals surface area contributed by atoms with Gasteiger partial charge in [0.25, 0.3) is 5.91 Å². The number of allylic oxidation sites excluding steroid dienone is 1. The third-order valence-corrected chi connectivity index (χ3v) is 7.04. The van der Waals surface area contributed by atoms with Gasteiger partial charge in [-0.1, -0.05) is 65.7 Å². The number of carbonyl (C=O) groups excluding carboxylic acids is 1. The highest BCUT2D eigenvalue weighted by Crippen LogP contribution is 2.39. The summed E-state index contributed by atoms with van der Waals surface area (Å²) in [5.41, 5.74) is 3.92. The van der Waals surface area contributed by atoms with Crippen LogP contribution in [0.5, 0.6) is 11.5 Å². The van der Waals surface area contributed by atoms with Crippen LogP contribution in [-0.2, 0) is 17.9 Å². The third-order valence-electron chi connectivity index (χ3n) is 6.30.